The molecule has 0 amide bonds. The summed E-state index contributed by atoms with van der Waals surface area (Å²) in [5.41, 5.74) is 6.76. The minimum absolute atomic E-state index is 0.493. The molecule has 2 atom stereocenters. The van der Waals surface area contributed by atoms with Crippen LogP contribution in [0.5, 0.6) is 0 Å². The molecule has 2 N–H and O–H groups in total. The highest BCUT2D eigenvalue weighted by Crippen LogP contribution is 2.45. The van der Waals surface area contributed by atoms with Gasteiger partial charge in [0.2, 0.25) is 0 Å². The lowest BCUT2D eigenvalue weighted by Gasteiger charge is -2.47. The molecule has 0 spiro atoms. The Labute approximate surface area is 93.2 Å². The topological polar surface area (TPSA) is 29.3 Å². The molecule has 2 heteroatoms. The molecule has 3 aliphatic rings. The molecule has 0 aromatic rings. The molecule has 15 heavy (non-hydrogen) atoms. The standard InChI is InChI=1S/C13H24N2/c1-13(5-2-6-13)9-15-11-3-4-12(15)8-10(14)7-11/h10-12H,2-9,14H2,1H3. The Balaban J connectivity index is 1.67. The fraction of sp³-hybridized carbons (Fsp3) is 1.00. The Morgan fingerprint density at radius 1 is 1.20 bits per heavy atom. The summed E-state index contributed by atoms with van der Waals surface area (Å²) in [5, 5.41) is 0. The molecule has 3 fully saturated rings. The first-order valence-electron chi connectivity index (χ1n) is 6.68. The number of hydrogen-bond donors (Lipinski definition) is 1. The predicted molar refractivity (Wildman–Crippen MR) is 62.7 cm³/mol. The van der Waals surface area contributed by atoms with E-state index in [4.69, 9.17) is 5.73 Å². The van der Waals surface area contributed by atoms with Crippen molar-refractivity contribution >= 4 is 0 Å². The molecule has 0 radical (unpaired) electrons. The third-order valence-corrected chi connectivity index (χ3v) is 5.05. The molecule has 86 valence electrons. The molecule has 2 saturated heterocycles. The van der Waals surface area contributed by atoms with Crippen molar-refractivity contribution in [3.05, 3.63) is 0 Å². The Morgan fingerprint density at radius 2 is 1.80 bits per heavy atom. The van der Waals surface area contributed by atoms with Crippen molar-refractivity contribution in [2.75, 3.05) is 6.54 Å². The summed E-state index contributed by atoms with van der Waals surface area (Å²) in [4.78, 5) is 2.81. The van der Waals surface area contributed by atoms with E-state index in [1.54, 1.807) is 0 Å². The lowest BCUT2D eigenvalue weighted by Crippen LogP contribution is -2.52. The van der Waals surface area contributed by atoms with E-state index in [1.807, 2.05) is 0 Å². The van der Waals surface area contributed by atoms with Crippen molar-refractivity contribution in [2.45, 2.75) is 70.0 Å². The number of hydrogen-bond acceptors (Lipinski definition) is 2. The largest absolute Gasteiger partial charge is 0.328 e. The first-order chi connectivity index (χ1) is 7.16. The van der Waals surface area contributed by atoms with Gasteiger partial charge in [-0.15, -0.1) is 0 Å². The molecule has 3 rings (SSSR count). The van der Waals surface area contributed by atoms with Gasteiger partial charge in [-0.1, -0.05) is 13.3 Å². The van der Waals surface area contributed by atoms with E-state index < -0.39 is 0 Å². The van der Waals surface area contributed by atoms with Gasteiger partial charge in [-0.2, -0.15) is 0 Å². The van der Waals surface area contributed by atoms with Crippen molar-refractivity contribution in [3.63, 3.8) is 0 Å². The van der Waals surface area contributed by atoms with E-state index in [1.165, 1.54) is 51.5 Å². The number of nitrogens with two attached hydrogens (primary N) is 1. The first kappa shape index (κ1) is 10.1. The molecular weight excluding hydrogens is 184 g/mol. The molecular formula is C13H24N2. The zero-order valence-electron chi connectivity index (χ0n) is 9.91. The maximum absolute atomic E-state index is 6.10. The number of fused-ring (bicyclic) bond motifs is 2. The van der Waals surface area contributed by atoms with E-state index >= 15 is 0 Å². The normalized spacial score (nSPS) is 44.0. The van der Waals surface area contributed by atoms with E-state index in [9.17, 15) is 0 Å². The van der Waals surface area contributed by atoms with Crippen LogP contribution in [0.25, 0.3) is 0 Å². The van der Waals surface area contributed by atoms with Crippen LogP contribution < -0.4 is 5.73 Å². The smallest absolute Gasteiger partial charge is 0.0114 e. The van der Waals surface area contributed by atoms with Gasteiger partial charge >= 0.3 is 0 Å². The summed E-state index contributed by atoms with van der Waals surface area (Å²) in [6, 6.07) is 2.15. The highest BCUT2D eigenvalue weighted by Gasteiger charge is 2.43. The van der Waals surface area contributed by atoms with Crippen LogP contribution in [0.2, 0.25) is 0 Å². The zero-order valence-corrected chi connectivity index (χ0v) is 9.91. The number of nitrogens with zero attached hydrogens (tertiary/aromatic N) is 1. The first-order valence-corrected chi connectivity index (χ1v) is 6.68. The van der Waals surface area contributed by atoms with E-state index in [2.05, 4.69) is 11.8 Å². The van der Waals surface area contributed by atoms with Crippen molar-refractivity contribution in [3.8, 4) is 0 Å². The van der Waals surface area contributed by atoms with Crippen molar-refractivity contribution < 1.29 is 0 Å². The van der Waals surface area contributed by atoms with Crippen LogP contribution in [0.4, 0.5) is 0 Å². The molecule has 2 heterocycles. The Hall–Kier alpha value is -0.0800. The average molecular weight is 208 g/mol. The van der Waals surface area contributed by atoms with Crippen LogP contribution in [-0.2, 0) is 0 Å². The lowest BCUT2D eigenvalue weighted by atomic mass is 9.69. The van der Waals surface area contributed by atoms with Crippen LogP contribution in [-0.4, -0.2) is 29.6 Å². The van der Waals surface area contributed by atoms with E-state index in [-0.39, 0.29) is 0 Å². The van der Waals surface area contributed by atoms with Crippen LogP contribution >= 0.6 is 0 Å². The van der Waals surface area contributed by atoms with Crippen LogP contribution in [0, 0.1) is 5.41 Å². The van der Waals surface area contributed by atoms with E-state index in [0.717, 1.165) is 12.1 Å². The molecule has 2 nitrogen and oxygen atoms in total. The van der Waals surface area contributed by atoms with Crippen molar-refractivity contribution in [1.29, 1.82) is 0 Å². The molecule has 2 aliphatic heterocycles. The summed E-state index contributed by atoms with van der Waals surface area (Å²) in [6.45, 7) is 3.83. The van der Waals surface area contributed by atoms with Crippen molar-refractivity contribution in [1.82, 2.24) is 4.90 Å². The molecule has 0 aromatic carbocycles. The SMILES string of the molecule is CC1(CN2C3CCC2CC(N)C3)CCC1. The van der Waals surface area contributed by atoms with E-state index in [0.29, 0.717) is 11.5 Å². The Morgan fingerprint density at radius 3 is 2.27 bits per heavy atom. The molecule has 2 unspecified atom stereocenters. The summed E-state index contributed by atoms with van der Waals surface area (Å²) in [7, 11) is 0. The van der Waals surface area contributed by atoms with Gasteiger partial charge in [0.15, 0.2) is 0 Å². The summed E-state index contributed by atoms with van der Waals surface area (Å²) < 4.78 is 0. The van der Waals surface area contributed by atoms with Gasteiger partial charge < -0.3 is 5.73 Å². The monoisotopic (exact) mass is 208 g/mol. The maximum atomic E-state index is 6.10. The van der Waals surface area contributed by atoms with Crippen LogP contribution in [0.1, 0.15) is 51.9 Å². The third-order valence-electron chi connectivity index (χ3n) is 5.05. The summed E-state index contributed by atoms with van der Waals surface area (Å²) in [6.07, 6.45) is 9.70. The maximum Gasteiger partial charge on any atom is 0.0114 e. The van der Waals surface area contributed by atoms with Gasteiger partial charge in [0.25, 0.3) is 0 Å². The van der Waals surface area contributed by atoms with Crippen molar-refractivity contribution in [2.24, 2.45) is 11.1 Å². The van der Waals surface area contributed by atoms with Gasteiger partial charge in [-0.25, -0.2) is 0 Å². The Kier molecular flexibility index (Phi) is 2.33. The predicted octanol–water partition coefficient (Wildman–Crippen LogP) is 2.13. The molecule has 1 saturated carbocycles. The second-order valence-electron chi connectivity index (χ2n) is 6.45. The average Bonchev–Trinajstić information content (AvgIpc) is 2.39. The fourth-order valence-corrected chi connectivity index (χ4v) is 3.95. The second-order valence-corrected chi connectivity index (χ2v) is 6.45. The fourth-order valence-electron chi connectivity index (χ4n) is 3.95. The third kappa shape index (κ3) is 1.72. The van der Waals surface area contributed by atoms with Crippen LogP contribution in [0.3, 0.4) is 0 Å². The summed E-state index contributed by atoms with van der Waals surface area (Å²) >= 11 is 0. The summed E-state index contributed by atoms with van der Waals surface area (Å²) in [5.74, 6) is 0. The minimum atomic E-state index is 0.493. The minimum Gasteiger partial charge on any atom is -0.328 e. The zero-order chi connectivity index (χ0) is 10.5. The molecule has 2 bridgehead atoms. The molecule has 0 aromatic heterocycles. The number of piperidine rings is 1. The lowest BCUT2D eigenvalue weighted by molar-refractivity contribution is 0.0328. The highest BCUT2D eigenvalue weighted by atomic mass is 15.2. The van der Waals surface area contributed by atoms with Crippen LogP contribution in [0.15, 0.2) is 0 Å². The van der Waals surface area contributed by atoms with Gasteiger partial charge in [0.1, 0.15) is 0 Å². The molecule has 1 aliphatic carbocycles. The second kappa shape index (κ2) is 3.46. The van der Waals surface area contributed by atoms with Gasteiger partial charge in [0.05, 0.1) is 0 Å². The Bertz CT molecular complexity index is 233. The van der Waals surface area contributed by atoms with Gasteiger partial charge in [0, 0.05) is 24.7 Å². The van der Waals surface area contributed by atoms with Gasteiger partial charge in [-0.3, -0.25) is 4.90 Å². The number of rotatable bonds is 2. The quantitative estimate of drug-likeness (QED) is 0.753. The highest BCUT2D eigenvalue weighted by molar-refractivity contribution is 4.99. The van der Waals surface area contributed by atoms with Gasteiger partial charge in [-0.05, 0) is 43.9 Å².